The van der Waals surface area contributed by atoms with Crippen molar-refractivity contribution in [2.75, 3.05) is 16.0 Å². The van der Waals surface area contributed by atoms with Crippen LogP contribution in [0, 0.1) is 20.8 Å². The first-order chi connectivity index (χ1) is 15.4. The van der Waals surface area contributed by atoms with E-state index in [1.165, 1.54) is 19.3 Å². The molecular formula is C23H30N8O. The Kier molecular flexibility index (Phi) is 6.53. The summed E-state index contributed by atoms with van der Waals surface area (Å²) in [5.41, 5.74) is 4.39. The Morgan fingerprint density at radius 3 is 2.50 bits per heavy atom. The van der Waals surface area contributed by atoms with Crippen molar-refractivity contribution >= 4 is 35.0 Å². The molecule has 1 aliphatic carbocycles. The monoisotopic (exact) mass is 434 g/mol. The van der Waals surface area contributed by atoms with Crippen molar-refractivity contribution in [3.63, 3.8) is 0 Å². The Morgan fingerprint density at radius 2 is 1.78 bits per heavy atom. The maximum absolute atomic E-state index is 12.3. The molecule has 9 heteroatoms. The number of urea groups is 1. The first-order valence-corrected chi connectivity index (χ1v) is 11.0. The Bertz CT molecular complexity index is 1090. The molecule has 0 bridgehead atoms. The molecule has 0 saturated heterocycles. The van der Waals surface area contributed by atoms with Crippen LogP contribution in [0.15, 0.2) is 30.3 Å². The van der Waals surface area contributed by atoms with Crippen molar-refractivity contribution in [2.24, 2.45) is 0 Å². The van der Waals surface area contributed by atoms with E-state index >= 15 is 0 Å². The predicted octanol–water partition coefficient (Wildman–Crippen LogP) is 5.07. The zero-order chi connectivity index (χ0) is 22.5. The number of aromatic amines is 1. The molecule has 32 heavy (non-hydrogen) atoms. The maximum atomic E-state index is 12.3. The van der Waals surface area contributed by atoms with Crippen LogP contribution in [0.5, 0.6) is 0 Å². The average Bonchev–Trinajstić information content (AvgIpc) is 3.15. The third-order valence-electron chi connectivity index (χ3n) is 5.49. The van der Waals surface area contributed by atoms with Gasteiger partial charge in [-0.05, 0) is 57.4 Å². The van der Waals surface area contributed by atoms with Gasteiger partial charge in [0.2, 0.25) is 5.95 Å². The van der Waals surface area contributed by atoms with Gasteiger partial charge in [-0.2, -0.15) is 10.1 Å². The number of aryl methyl sites for hydroxylation is 3. The Morgan fingerprint density at radius 1 is 0.969 bits per heavy atom. The van der Waals surface area contributed by atoms with Gasteiger partial charge in [0.15, 0.2) is 5.82 Å². The number of hydrogen-bond donors (Lipinski definition) is 5. The third-order valence-corrected chi connectivity index (χ3v) is 5.49. The molecule has 9 nitrogen and oxygen atoms in total. The lowest BCUT2D eigenvalue weighted by Crippen LogP contribution is -2.39. The van der Waals surface area contributed by atoms with Crippen LogP contribution >= 0.6 is 0 Å². The summed E-state index contributed by atoms with van der Waals surface area (Å²) < 4.78 is 0. The van der Waals surface area contributed by atoms with E-state index in [0.717, 1.165) is 41.2 Å². The highest BCUT2D eigenvalue weighted by molar-refractivity contribution is 5.90. The van der Waals surface area contributed by atoms with E-state index < -0.39 is 0 Å². The fourth-order valence-corrected chi connectivity index (χ4v) is 3.90. The number of amides is 2. The molecule has 0 radical (unpaired) electrons. The summed E-state index contributed by atoms with van der Waals surface area (Å²) in [5, 5.41) is 19.6. The zero-order valence-electron chi connectivity index (χ0n) is 18.7. The topological polar surface area (TPSA) is 120 Å². The fourth-order valence-electron chi connectivity index (χ4n) is 3.90. The van der Waals surface area contributed by atoms with Crippen LogP contribution in [0.4, 0.5) is 33.8 Å². The van der Waals surface area contributed by atoms with Crippen molar-refractivity contribution in [3.05, 3.63) is 47.3 Å². The molecule has 2 heterocycles. The van der Waals surface area contributed by atoms with Crippen LogP contribution in [-0.4, -0.2) is 32.2 Å². The maximum Gasteiger partial charge on any atom is 0.319 e. The van der Waals surface area contributed by atoms with Gasteiger partial charge in [0.25, 0.3) is 0 Å². The molecule has 0 aliphatic heterocycles. The van der Waals surface area contributed by atoms with Crippen LogP contribution < -0.4 is 21.3 Å². The zero-order valence-corrected chi connectivity index (χ0v) is 18.7. The van der Waals surface area contributed by atoms with E-state index in [-0.39, 0.29) is 12.1 Å². The fraction of sp³-hybridized carbons (Fsp3) is 0.391. The number of benzene rings is 1. The first kappa shape index (κ1) is 21.6. The van der Waals surface area contributed by atoms with Gasteiger partial charge in [-0.1, -0.05) is 19.3 Å². The van der Waals surface area contributed by atoms with Gasteiger partial charge in [-0.15, -0.1) is 0 Å². The number of anilines is 5. The van der Waals surface area contributed by atoms with Crippen molar-refractivity contribution < 1.29 is 4.79 Å². The van der Waals surface area contributed by atoms with E-state index in [1.807, 2.05) is 51.1 Å². The predicted molar refractivity (Wildman–Crippen MR) is 127 cm³/mol. The Balaban J connectivity index is 1.40. The number of rotatable bonds is 6. The highest BCUT2D eigenvalue weighted by atomic mass is 16.2. The molecule has 1 fully saturated rings. The summed E-state index contributed by atoms with van der Waals surface area (Å²) in [7, 11) is 0. The standard InChI is InChI=1S/C23H30N8O/c1-14-11-18(26-23(32)25-17-7-5-4-6-8-17)9-10-19(14)27-22-24-15(2)12-20(29-22)28-21-13-16(3)30-31-21/h9-13,17H,4-8H2,1-3H3,(H2,25,26,32)(H3,24,27,28,29,30,31). The summed E-state index contributed by atoms with van der Waals surface area (Å²) >= 11 is 0. The van der Waals surface area contributed by atoms with Gasteiger partial charge >= 0.3 is 6.03 Å². The second-order valence-electron chi connectivity index (χ2n) is 8.37. The third kappa shape index (κ3) is 5.75. The quantitative estimate of drug-likeness (QED) is 0.370. The van der Waals surface area contributed by atoms with Crippen LogP contribution in [0.2, 0.25) is 0 Å². The average molecular weight is 435 g/mol. The van der Waals surface area contributed by atoms with E-state index in [2.05, 4.69) is 41.4 Å². The van der Waals surface area contributed by atoms with Crippen LogP contribution in [0.25, 0.3) is 0 Å². The number of carbonyl (C=O) groups excluding carboxylic acids is 1. The summed E-state index contributed by atoms with van der Waals surface area (Å²) in [6, 6.07) is 9.62. The molecule has 0 spiro atoms. The summed E-state index contributed by atoms with van der Waals surface area (Å²) in [6.45, 7) is 5.84. The molecule has 168 valence electrons. The van der Waals surface area contributed by atoms with E-state index in [4.69, 9.17) is 0 Å². The van der Waals surface area contributed by atoms with Gasteiger partial charge in [-0.25, -0.2) is 9.78 Å². The number of nitrogens with zero attached hydrogens (tertiary/aromatic N) is 3. The molecular weight excluding hydrogens is 404 g/mol. The Labute approximate surface area is 187 Å². The van der Waals surface area contributed by atoms with Crippen molar-refractivity contribution in [1.29, 1.82) is 0 Å². The van der Waals surface area contributed by atoms with Crippen molar-refractivity contribution in [3.8, 4) is 0 Å². The molecule has 5 N–H and O–H groups in total. The number of hydrogen-bond acceptors (Lipinski definition) is 6. The number of nitrogens with one attached hydrogen (secondary N) is 5. The number of aromatic nitrogens is 4. The van der Waals surface area contributed by atoms with Crippen molar-refractivity contribution in [1.82, 2.24) is 25.5 Å². The lowest BCUT2D eigenvalue weighted by Gasteiger charge is -2.23. The number of carbonyl (C=O) groups is 1. The van der Waals surface area contributed by atoms with Crippen molar-refractivity contribution in [2.45, 2.75) is 58.9 Å². The minimum Gasteiger partial charge on any atom is -0.335 e. The van der Waals surface area contributed by atoms with E-state index in [1.54, 1.807) is 0 Å². The second-order valence-corrected chi connectivity index (χ2v) is 8.37. The minimum atomic E-state index is -0.150. The Hall–Kier alpha value is -3.62. The lowest BCUT2D eigenvalue weighted by atomic mass is 9.96. The molecule has 0 unspecified atom stereocenters. The molecule has 3 aromatic rings. The van der Waals surface area contributed by atoms with Gasteiger partial charge in [-0.3, -0.25) is 5.10 Å². The van der Waals surface area contributed by atoms with Gasteiger partial charge in [0, 0.05) is 40.9 Å². The van der Waals surface area contributed by atoms with Gasteiger partial charge in [0.1, 0.15) is 5.82 Å². The normalized spacial score (nSPS) is 14.1. The van der Waals surface area contributed by atoms with E-state index in [0.29, 0.717) is 17.6 Å². The summed E-state index contributed by atoms with van der Waals surface area (Å²) in [6.07, 6.45) is 5.75. The van der Waals surface area contributed by atoms with E-state index in [9.17, 15) is 4.79 Å². The molecule has 2 amide bonds. The van der Waals surface area contributed by atoms with Crippen LogP contribution in [0.3, 0.4) is 0 Å². The number of H-pyrrole nitrogens is 1. The largest absolute Gasteiger partial charge is 0.335 e. The molecule has 2 aromatic heterocycles. The van der Waals surface area contributed by atoms with Crippen LogP contribution in [0.1, 0.15) is 49.1 Å². The highest BCUT2D eigenvalue weighted by Gasteiger charge is 2.16. The molecule has 0 atom stereocenters. The SMILES string of the molecule is Cc1cc(Nc2cc(C)[nH]n2)nc(Nc2ccc(NC(=O)NC3CCCCC3)cc2C)n1. The molecule has 4 rings (SSSR count). The van der Waals surface area contributed by atoms with Gasteiger partial charge < -0.3 is 21.3 Å². The smallest absolute Gasteiger partial charge is 0.319 e. The molecule has 1 aliphatic rings. The summed E-state index contributed by atoms with van der Waals surface area (Å²) in [5.74, 6) is 1.84. The van der Waals surface area contributed by atoms with Gasteiger partial charge in [0.05, 0.1) is 0 Å². The highest BCUT2D eigenvalue weighted by Crippen LogP contribution is 2.24. The molecule has 1 saturated carbocycles. The molecule has 1 aromatic carbocycles. The lowest BCUT2D eigenvalue weighted by molar-refractivity contribution is 0.244. The minimum absolute atomic E-state index is 0.150. The second kappa shape index (κ2) is 9.67. The van der Waals surface area contributed by atoms with Crippen LogP contribution in [-0.2, 0) is 0 Å². The first-order valence-electron chi connectivity index (χ1n) is 11.0. The summed E-state index contributed by atoms with van der Waals surface area (Å²) in [4.78, 5) is 21.3.